The van der Waals surface area contributed by atoms with Crippen molar-refractivity contribution < 1.29 is 13.2 Å². The highest BCUT2D eigenvalue weighted by Crippen LogP contribution is 2.29. The van der Waals surface area contributed by atoms with Crippen molar-refractivity contribution in [3.8, 4) is 0 Å². The second kappa shape index (κ2) is 6.99. The first-order valence-corrected chi connectivity index (χ1v) is 11.2. The lowest BCUT2D eigenvalue weighted by molar-refractivity contribution is -0.133. The number of piperidine rings is 1. The Bertz CT molecular complexity index is 926. The summed E-state index contributed by atoms with van der Waals surface area (Å²) in [6, 6.07) is 10.3. The minimum atomic E-state index is -2.93. The average Bonchev–Trinajstić information content (AvgIpc) is 2.99. The van der Waals surface area contributed by atoms with E-state index in [-0.39, 0.29) is 29.2 Å². The smallest absolute Gasteiger partial charge is 0.222 e. The third-order valence-electron chi connectivity index (χ3n) is 5.63. The van der Waals surface area contributed by atoms with Crippen molar-refractivity contribution in [1.82, 2.24) is 9.88 Å². The Morgan fingerprint density at radius 3 is 2.77 bits per heavy atom. The molecule has 2 atom stereocenters. The number of hydrogen-bond donors (Lipinski definition) is 0. The highest BCUT2D eigenvalue weighted by Gasteiger charge is 2.32. The zero-order valence-electron chi connectivity index (χ0n) is 14.8. The Kier molecular flexibility index (Phi) is 4.69. The van der Waals surface area contributed by atoms with Crippen LogP contribution in [0.25, 0.3) is 10.8 Å². The number of likely N-dealkylation sites (tertiary alicyclic amines) is 1. The Morgan fingerprint density at radius 2 is 2.00 bits per heavy atom. The van der Waals surface area contributed by atoms with E-state index in [2.05, 4.69) is 23.2 Å². The number of hydrogen-bond acceptors (Lipinski definition) is 4. The fourth-order valence-corrected chi connectivity index (χ4v) is 6.04. The summed E-state index contributed by atoms with van der Waals surface area (Å²) in [5.41, 5.74) is 1.05. The van der Waals surface area contributed by atoms with E-state index in [9.17, 15) is 13.2 Å². The molecule has 138 valence electrons. The molecule has 2 saturated heterocycles. The van der Waals surface area contributed by atoms with E-state index in [4.69, 9.17) is 0 Å². The molecule has 2 aliphatic heterocycles. The van der Waals surface area contributed by atoms with Crippen molar-refractivity contribution in [2.75, 3.05) is 24.6 Å². The number of pyridine rings is 1. The molecule has 2 aliphatic rings. The summed E-state index contributed by atoms with van der Waals surface area (Å²) < 4.78 is 23.2. The lowest BCUT2D eigenvalue weighted by Crippen LogP contribution is -2.40. The molecule has 1 aromatic carbocycles. The number of fused-ring (bicyclic) bond motifs is 1. The first-order valence-electron chi connectivity index (χ1n) is 9.33. The summed E-state index contributed by atoms with van der Waals surface area (Å²) in [6.45, 7) is 1.45. The van der Waals surface area contributed by atoms with Gasteiger partial charge in [-0.25, -0.2) is 8.42 Å². The van der Waals surface area contributed by atoms with Gasteiger partial charge in [-0.3, -0.25) is 9.78 Å². The summed E-state index contributed by atoms with van der Waals surface area (Å²) in [5.74, 6) is 0.741. The summed E-state index contributed by atoms with van der Waals surface area (Å²) in [4.78, 5) is 19.2. The number of carbonyl (C=O) groups is 1. The maximum Gasteiger partial charge on any atom is 0.222 e. The largest absolute Gasteiger partial charge is 0.342 e. The van der Waals surface area contributed by atoms with E-state index in [1.54, 1.807) is 0 Å². The second-order valence-corrected chi connectivity index (χ2v) is 9.84. The van der Waals surface area contributed by atoms with Crippen molar-refractivity contribution in [3.05, 3.63) is 42.2 Å². The molecule has 6 heteroatoms. The van der Waals surface area contributed by atoms with Crippen LogP contribution in [0.4, 0.5) is 0 Å². The molecule has 26 heavy (non-hydrogen) atoms. The maximum atomic E-state index is 12.7. The van der Waals surface area contributed by atoms with Crippen LogP contribution in [0.3, 0.4) is 0 Å². The normalized spacial score (nSPS) is 25.5. The van der Waals surface area contributed by atoms with Gasteiger partial charge >= 0.3 is 0 Å². The van der Waals surface area contributed by atoms with Crippen molar-refractivity contribution in [2.24, 2.45) is 5.92 Å². The van der Waals surface area contributed by atoms with E-state index in [1.807, 2.05) is 23.2 Å². The topological polar surface area (TPSA) is 67.3 Å². The Balaban J connectivity index is 1.44. The van der Waals surface area contributed by atoms with E-state index in [0.29, 0.717) is 19.4 Å². The number of carbonyl (C=O) groups excluding carboxylic acids is 1. The zero-order chi connectivity index (χ0) is 18.1. The first kappa shape index (κ1) is 17.5. The van der Waals surface area contributed by atoms with E-state index in [0.717, 1.165) is 30.5 Å². The number of benzene rings is 1. The molecule has 0 bridgehead atoms. The minimum absolute atomic E-state index is 0.00771. The van der Waals surface area contributed by atoms with Crippen LogP contribution < -0.4 is 0 Å². The third-order valence-corrected chi connectivity index (χ3v) is 7.47. The van der Waals surface area contributed by atoms with E-state index in [1.165, 1.54) is 5.39 Å². The molecular weight excluding hydrogens is 348 g/mol. The van der Waals surface area contributed by atoms with Crippen LogP contribution in [0.1, 0.15) is 37.3 Å². The van der Waals surface area contributed by atoms with Gasteiger partial charge in [0.2, 0.25) is 5.91 Å². The van der Waals surface area contributed by atoms with Gasteiger partial charge in [-0.2, -0.15) is 0 Å². The highest BCUT2D eigenvalue weighted by molar-refractivity contribution is 7.91. The predicted octanol–water partition coefficient (Wildman–Crippen LogP) is 2.77. The molecule has 0 radical (unpaired) electrons. The number of aromatic nitrogens is 1. The number of amides is 1. The van der Waals surface area contributed by atoms with Crippen LogP contribution in [0.15, 0.2) is 36.5 Å². The van der Waals surface area contributed by atoms with Crippen molar-refractivity contribution in [2.45, 2.75) is 31.6 Å². The van der Waals surface area contributed by atoms with Crippen molar-refractivity contribution in [3.63, 3.8) is 0 Å². The second-order valence-electron chi connectivity index (χ2n) is 7.61. The molecule has 1 aromatic heterocycles. The van der Waals surface area contributed by atoms with Crippen LogP contribution in [0, 0.1) is 5.92 Å². The fraction of sp³-hybridized carbons (Fsp3) is 0.500. The molecule has 0 aliphatic carbocycles. The standard InChI is InChI=1S/C20H24N2O3S/c23-20(10-15-7-9-26(24,25)14-15)22-8-3-6-18(13-22)19-11-16-4-1-2-5-17(16)12-21-19/h1-2,4-5,11-12,15,18H,3,6-10,13-14H2/t15-,18+/m0/s1. The lowest BCUT2D eigenvalue weighted by atomic mass is 9.92. The zero-order valence-corrected chi connectivity index (χ0v) is 15.6. The minimum Gasteiger partial charge on any atom is -0.342 e. The van der Waals surface area contributed by atoms with Crippen LogP contribution in [-0.4, -0.2) is 48.8 Å². The van der Waals surface area contributed by atoms with Gasteiger partial charge in [0.15, 0.2) is 9.84 Å². The van der Waals surface area contributed by atoms with Gasteiger partial charge in [-0.05, 0) is 36.6 Å². The molecule has 0 spiro atoms. The third kappa shape index (κ3) is 3.75. The van der Waals surface area contributed by atoms with Gasteiger partial charge in [0.25, 0.3) is 0 Å². The van der Waals surface area contributed by atoms with Crippen LogP contribution in [0.5, 0.6) is 0 Å². The van der Waals surface area contributed by atoms with Gasteiger partial charge in [0.05, 0.1) is 11.5 Å². The van der Waals surface area contributed by atoms with E-state index < -0.39 is 9.84 Å². The predicted molar refractivity (Wildman–Crippen MR) is 102 cm³/mol. The van der Waals surface area contributed by atoms with Gasteiger partial charge in [0, 0.05) is 42.7 Å². The van der Waals surface area contributed by atoms with Gasteiger partial charge in [0.1, 0.15) is 0 Å². The Labute approximate surface area is 154 Å². The first-order chi connectivity index (χ1) is 12.5. The molecule has 5 nitrogen and oxygen atoms in total. The summed E-state index contributed by atoms with van der Waals surface area (Å²) in [5, 5.41) is 2.31. The quantitative estimate of drug-likeness (QED) is 0.831. The Morgan fingerprint density at radius 1 is 1.19 bits per heavy atom. The molecule has 1 amide bonds. The van der Waals surface area contributed by atoms with Gasteiger partial charge in [-0.15, -0.1) is 0 Å². The van der Waals surface area contributed by atoms with Crippen LogP contribution >= 0.6 is 0 Å². The molecule has 2 aromatic rings. The molecule has 0 saturated carbocycles. The maximum absolute atomic E-state index is 12.7. The molecule has 0 N–H and O–H groups in total. The van der Waals surface area contributed by atoms with Gasteiger partial charge < -0.3 is 4.90 Å². The molecule has 0 unspecified atom stereocenters. The summed E-state index contributed by atoms with van der Waals surface area (Å²) in [6.07, 6.45) is 4.89. The van der Waals surface area contributed by atoms with Crippen LogP contribution in [0.2, 0.25) is 0 Å². The number of rotatable bonds is 3. The molecular formula is C20H24N2O3S. The summed E-state index contributed by atoms with van der Waals surface area (Å²) >= 11 is 0. The van der Waals surface area contributed by atoms with Crippen molar-refractivity contribution >= 4 is 26.5 Å². The molecule has 3 heterocycles. The number of sulfone groups is 1. The fourth-order valence-electron chi connectivity index (χ4n) is 4.18. The summed E-state index contributed by atoms with van der Waals surface area (Å²) in [7, 11) is -2.93. The highest BCUT2D eigenvalue weighted by atomic mass is 32.2. The lowest BCUT2D eigenvalue weighted by Gasteiger charge is -2.33. The molecule has 4 rings (SSSR count). The van der Waals surface area contributed by atoms with Crippen LogP contribution in [-0.2, 0) is 14.6 Å². The van der Waals surface area contributed by atoms with Crippen molar-refractivity contribution in [1.29, 1.82) is 0 Å². The van der Waals surface area contributed by atoms with Gasteiger partial charge in [-0.1, -0.05) is 24.3 Å². The number of nitrogens with zero attached hydrogens (tertiary/aromatic N) is 2. The SMILES string of the molecule is O=C(C[C@@H]1CCS(=O)(=O)C1)N1CCC[C@@H](c2cc3ccccc3cn2)C1. The molecule has 2 fully saturated rings. The van der Waals surface area contributed by atoms with E-state index >= 15 is 0 Å². The average molecular weight is 372 g/mol. The monoisotopic (exact) mass is 372 g/mol. The Hall–Kier alpha value is -1.95.